The van der Waals surface area contributed by atoms with Gasteiger partial charge in [0.05, 0.1) is 12.6 Å². The Labute approximate surface area is 148 Å². The predicted octanol–water partition coefficient (Wildman–Crippen LogP) is 2.77. The Morgan fingerprint density at radius 2 is 2.08 bits per heavy atom. The highest BCUT2D eigenvalue weighted by atomic mass is 16.5. The number of rotatable bonds is 5. The predicted molar refractivity (Wildman–Crippen MR) is 95.6 cm³/mol. The molecule has 0 spiro atoms. The van der Waals surface area contributed by atoms with Crippen LogP contribution in [0.1, 0.15) is 41.9 Å². The summed E-state index contributed by atoms with van der Waals surface area (Å²) in [5.74, 6) is 0.210. The molecule has 1 aliphatic carbocycles. The van der Waals surface area contributed by atoms with E-state index in [1.807, 2.05) is 38.1 Å². The van der Waals surface area contributed by atoms with Gasteiger partial charge in [-0.2, -0.15) is 0 Å². The molecule has 1 heterocycles. The summed E-state index contributed by atoms with van der Waals surface area (Å²) in [6.45, 7) is 4.03. The number of carbonyl (C=O) groups excluding carboxylic acids is 1. The molecule has 0 aliphatic heterocycles. The molecule has 25 heavy (non-hydrogen) atoms. The first-order valence-electron chi connectivity index (χ1n) is 8.58. The van der Waals surface area contributed by atoms with Gasteiger partial charge in [-0.15, -0.1) is 0 Å². The zero-order chi connectivity index (χ0) is 18.0. The molecule has 1 aromatic carbocycles. The van der Waals surface area contributed by atoms with E-state index < -0.39 is 5.60 Å². The molecule has 0 bridgehead atoms. The molecule has 132 valence electrons. The van der Waals surface area contributed by atoms with Crippen LogP contribution in [0.3, 0.4) is 0 Å². The van der Waals surface area contributed by atoms with Crippen LogP contribution in [0.4, 0.5) is 0 Å². The van der Waals surface area contributed by atoms with Gasteiger partial charge in [0, 0.05) is 13.2 Å². The molecule has 1 amide bonds. The van der Waals surface area contributed by atoms with Crippen molar-refractivity contribution < 1.29 is 14.6 Å². The van der Waals surface area contributed by atoms with Crippen LogP contribution in [0, 0.1) is 0 Å². The Morgan fingerprint density at radius 1 is 1.32 bits per heavy atom. The van der Waals surface area contributed by atoms with Gasteiger partial charge in [-0.3, -0.25) is 4.79 Å². The minimum Gasteiger partial charge on any atom is -0.489 e. The van der Waals surface area contributed by atoms with Gasteiger partial charge in [0.2, 0.25) is 0 Å². The average Bonchev–Trinajstić information content (AvgIpc) is 2.91. The first-order valence-corrected chi connectivity index (χ1v) is 8.58. The molecule has 3 rings (SSSR count). The maximum absolute atomic E-state index is 12.9. The molecule has 1 unspecified atom stereocenters. The number of aliphatic hydroxyl groups is 1. The molecule has 1 N–H and O–H groups in total. The van der Waals surface area contributed by atoms with Gasteiger partial charge in [0.15, 0.2) is 11.4 Å². The number of nitrogens with zero attached hydrogens (tertiary/aromatic N) is 2. The molecule has 1 aromatic heterocycles. The second-order valence-electron chi connectivity index (χ2n) is 6.87. The minimum absolute atomic E-state index is 0.0491. The lowest BCUT2D eigenvalue weighted by Crippen LogP contribution is -2.41. The summed E-state index contributed by atoms with van der Waals surface area (Å²) in [5.41, 5.74) is 1.31. The standard InChI is InChI=1S/C20H24N2O3/c1-14(2)25-17-9-6-12-21-18(17)19(23)22(3)13-20(24)11-10-15-7-4-5-8-16(15)20/h4-9,12,14,24H,10-11,13H2,1-3H3. The number of hydrogen-bond acceptors (Lipinski definition) is 4. The van der Waals surface area contributed by atoms with Crippen molar-refractivity contribution >= 4 is 5.91 Å². The Kier molecular flexibility index (Phi) is 4.77. The molecule has 0 saturated heterocycles. The van der Waals surface area contributed by atoms with Gasteiger partial charge in [-0.05, 0) is 49.9 Å². The third-order valence-electron chi connectivity index (χ3n) is 4.51. The van der Waals surface area contributed by atoms with E-state index in [4.69, 9.17) is 4.74 Å². The molecule has 0 fully saturated rings. The van der Waals surface area contributed by atoms with Crippen molar-refractivity contribution in [2.45, 2.75) is 38.4 Å². The van der Waals surface area contributed by atoms with Crippen molar-refractivity contribution in [2.75, 3.05) is 13.6 Å². The molecule has 0 saturated carbocycles. The van der Waals surface area contributed by atoms with Crippen LogP contribution in [0.2, 0.25) is 0 Å². The summed E-state index contributed by atoms with van der Waals surface area (Å²) < 4.78 is 5.70. The lowest BCUT2D eigenvalue weighted by molar-refractivity contribution is 0.00771. The van der Waals surface area contributed by atoms with Crippen LogP contribution in [-0.2, 0) is 12.0 Å². The third kappa shape index (κ3) is 3.51. The molecule has 1 atom stereocenters. The number of benzene rings is 1. The zero-order valence-corrected chi connectivity index (χ0v) is 14.9. The number of aryl methyl sites for hydroxylation is 1. The van der Waals surface area contributed by atoms with E-state index >= 15 is 0 Å². The van der Waals surface area contributed by atoms with Gasteiger partial charge in [-0.25, -0.2) is 4.98 Å². The van der Waals surface area contributed by atoms with Gasteiger partial charge in [0.25, 0.3) is 5.91 Å². The number of likely N-dealkylation sites (N-methyl/N-ethyl adjacent to an activating group) is 1. The van der Waals surface area contributed by atoms with Crippen LogP contribution in [0.15, 0.2) is 42.6 Å². The van der Waals surface area contributed by atoms with Crippen molar-refractivity contribution in [3.63, 3.8) is 0 Å². The van der Waals surface area contributed by atoms with E-state index in [-0.39, 0.29) is 24.2 Å². The van der Waals surface area contributed by atoms with Gasteiger partial charge in [-0.1, -0.05) is 24.3 Å². The second kappa shape index (κ2) is 6.84. The van der Waals surface area contributed by atoms with E-state index in [1.54, 1.807) is 25.4 Å². The normalized spacial score (nSPS) is 18.9. The Bertz CT molecular complexity index is 775. The molecule has 5 heteroatoms. The SMILES string of the molecule is CC(C)Oc1cccnc1C(=O)N(C)CC1(O)CCc2ccccc21. The van der Waals surface area contributed by atoms with Crippen molar-refractivity contribution in [1.29, 1.82) is 0 Å². The maximum atomic E-state index is 12.9. The lowest BCUT2D eigenvalue weighted by Gasteiger charge is -2.30. The Hall–Kier alpha value is -2.40. The van der Waals surface area contributed by atoms with Crippen LogP contribution in [0.25, 0.3) is 0 Å². The van der Waals surface area contributed by atoms with Gasteiger partial charge >= 0.3 is 0 Å². The topological polar surface area (TPSA) is 62.7 Å². The molecule has 0 radical (unpaired) electrons. The minimum atomic E-state index is -1.02. The lowest BCUT2D eigenvalue weighted by atomic mass is 9.95. The maximum Gasteiger partial charge on any atom is 0.276 e. The first kappa shape index (κ1) is 17.4. The third-order valence-corrected chi connectivity index (χ3v) is 4.51. The van der Waals surface area contributed by atoms with Crippen molar-refractivity contribution in [3.05, 3.63) is 59.4 Å². The van der Waals surface area contributed by atoms with Crippen LogP contribution in [-0.4, -0.2) is 40.6 Å². The summed E-state index contributed by atoms with van der Waals surface area (Å²) in [6, 6.07) is 11.4. The van der Waals surface area contributed by atoms with Crippen LogP contribution in [0.5, 0.6) is 5.75 Å². The molecular formula is C20H24N2O3. The van der Waals surface area contributed by atoms with Gasteiger partial charge in [0.1, 0.15) is 5.60 Å². The molecule has 1 aliphatic rings. The fourth-order valence-corrected chi connectivity index (χ4v) is 3.38. The van der Waals surface area contributed by atoms with Crippen LogP contribution < -0.4 is 4.74 Å². The Morgan fingerprint density at radius 3 is 2.84 bits per heavy atom. The summed E-state index contributed by atoms with van der Waals surface area (Å²) >= 11 is 0. The van der Waals surface area contributed by atoms with E-state index in [0.29, 0.717) is 12.2 Å². The quantitative estimate of drug-likeness (QED) is 0.909. The van der Waals surface area contributed by atoms with E-state index in [1.165, 1.54) is 4.90 Å². The monoisotopic (exact) mass is 340 g/mol. The van der Waals surface area contributed by atoms with Crippen LogP contribution >= 0.6 is 0 Å². The molecule has 5 nitrogen and oxygen atoms in total. The highest BCUT2D eigenvalue weighted by Crippen LogP contribution is 2.37. The fraction of sp³-hybridized carbons (Fsp3) is 0.400. The summed E-state index contributed by atoms with van der Waals surface area (Å²) in [5, 5.41) is 11.1. The van der Waals surface area contributed by atoms with Gasteiger partial charge < -0.3 is 14.7 Å². The van der Waals surface area contributed by atoms with E-state index in [2.05, 4.69) is 4.98 Å². The van der Waals surface area contributed by atoms with Crippen molar-refractivity contribution in [1.82, 2.24) is 9.88 Å². The number of aromatic nitrogens is 1. The zero-order valence-electron chi connectivity index (χ0n) is 14.9. The van der Waals surface area contributed by atoms with E-state index in [9.17, 15) is 9.90 Å². The summed E-state index contributed by atoms with van der Waals surface area (Å²) in [7, 11) is 1.69. The van der Waals surface area contributed by atoms with Crippen molar-refractivity contribution in [2.24, 2.45) is 0 Å². The summed E-state index contributed by atoms with van der Waals surface area (Å²) in [6.07, 6.45) is 2.96. The highest BCUT2D eigenvalue weighted by molar-refractivity contribution is 5.94. The second-order valence-corrected chi connectivity index (χ2v) is 6.87. The fourth-order valence-electron chi connectivity index (χ4n) is 3.38. The number of ether oxygens (including phenoxy) is 1. The Balaban J connectivity index is 1.81. The summed E-state index contributed by atoms with van der Waals surface area (Å²) in [4.78, 5) is 18.6. The smallest absolute Gasteiger partial charge is 0.276 e. The van der Waals surface area contributed by atoms with Crippen molar-refractivity contribution in [3.8, 4) is 5.75 Å². The number of fused-ring (bicyclic) bond motifs is 1. The number of hydrogen-bond donors (Lipinski definition) is 1. The molecule has 2 aromatic rings. The molecular weight excluding hydrogens is 316 g/mol. The highest BCUT2D eigenvalue weighted by Gasteiger charge is 2.38. The number of amides is 1. The largest absolute Gasteiger partial charge is 0.489 e. The van der Waals surface area contributed by atoms with E-state index in [0.717, 1.165) is 17.5 Å². The first-order chi connectivity index (χ1) is 11.9. The average molecular weight is 340 g/mol. The number of pyridine rings is 1. The number of carbonyl (C=O) groups is 1.